The predicted octanol–water partition coefficient (Wildman–Crippen LogP) is 2.88. The molecule has 124 valence electrons. The number of nitrogens with one attached hydrogen (secondary N) is 1. The number of carbonyl (C=O) groups is 1. The predicted molar refractivity (Wildman–Crippen MR) is 96.1 cm³/mol. The van der Waals surface area contributed by atoms with Crippen LogP contribution in [0.5, 0.6) is 5.75 Å². The van der Waals surface area contributed by atoms with Gasteiger partial charge in [0.05, 0.1) is 12.1 Å². The summed E-state index contributed by atoms with van der Waals surface area (Å²) in [6.07, 6.45) is 4.14. The molecule has 1 aromatic carbocycles. The van der Waals surface area contributed by atoms with Gasteiger partial charge in [-0.05, 0) is 55.0 Å². The summed E-state index contributed by atoms with van der Waals surface area (Å²) in [5.74, 6) is 0.862. The van der Waals surface area contributed by atoms with Crippen molar-refractivity contribution in [2.75, 3.05) is 13.7 Å². The molecule has 2 amide bonds. The molecule has 5 nitrogen and oxygen atoms in total. The SMILES string of the molecule is COc1cc2c(cc1C)CCC=C2S/C(NC(N)=O)=C(\C)CN. The maximum Gasteiger partial charge on any atom is 0.317 e. The van der Waals surface area contributed by atoms with Gasteiger partial charge in [0.25, 0.3) is 0 Å². The summed E-state index contributed by atoms with van der Waals surface area (Å²) < 4.78 is 5.44. The second-order valence-electron chi connectivity index (χ2n) is 5.49. The Morgan fingerprint density at radius 1 is 1.43 bits per heavy atom. The monoisotopic (exact) mass is 333 g/mol. The topological polar surface area (TPSA) is 90.4 Å². The first-order valence-corrected chi connectivity index (χ1v) is 8.30. The van der Waals surface area contributed by atoms with Crippen molar-refractivity contribution >= 4 is 22.7 Å². The summed E-state index contributed by atoms with van der Waals surface area (Å²) in [7, 11) is 1.67. The molecule has 0 atom stereocenters. The van der Waals surface area contributed by atoms with Crippen molar-refractivity contribution in [2.24, 2.45) is 11.5 Å². The Morgan fingerprint density at radius 3 is 2.78 bits per heavy atom. The number of hydrogen-bond donors (Lipinski definition) is 3. The molecular weight excluding hydrogens is 310 g/mol. The molecule has 0 bridgehead atoms. The number of nitrogens with two attached hydrogens (primary N) is 2. The smallest absolute Gasteiger partial charge is 0.317 e. The van der Waals surface area contributed by atoms with Crippen LogP contribution >= 0.6 is 11.8 Å². The van der Waals surface area contributed by atoms with Gasteiger partial charge in [-0.1, -0.05) is 23.9 Å². The van der Waals surface area contributed by atoms with Crippen LogP contribution in [-0.2, 0) is 6.42 Å². The summed E-state index contributed by atoms with van der Waals surface area (Å²) in [5.41, 5.74) is 15.4. The highest BCUT2D eigenvalue weighted by atomic mass is 32.2. The minimum absolute atomic E-state index is 0.361. The van der Waals surface area contributed by atoms with Gasteiger partial charge in [0.2, 0.25) is 0 Å². The lowest BCUT2D eigenvalue weighted by molar-refractivity contribution is 0.251. The van der Waals surface area contributed by atoms with Gasteiger partial charge in [0.1, 0.15) is 5.75 Å². The lowest BCUT2D eigenvalue weighted by Crippen LogP contribution is -2.29. The average Bonchev–Trinajstić information content (AvgIpc) is 2.52. The van der Waals surface area contributed by atoms with Crippen LogP contribution in [0.4, 0.5) is 4.79 Å². The number of thioether (sulfide) groups is 1. The summed E-state index contributed by atoms with van der Waals surface area (Å²) in [5, 5.41) is 3.37. The normalized spacial score (nSPS) is 14.5. The highest BCUT2D eigenvalue weighted by Gasteiger charge is 2.18. The molecule has 0 spiro atoms. The Hall–Kier alpha value is -1.92. The van der Waals surface area contributed by atoms with Gasteiger partial charge in [-0.3, -0.25) is 0 Å². The Labute approximate surface area is 141 Å². The molecule has 0 unspecified atom stereocenters. The molecule has 0 fully saturated rings. The number of benzene rings is 1. The van der Waals surface area contributed by atoms with Crippen molar-refractivity contribution < 1.29 is 9.53 Å². The zero-order valence-corrected chi connectivity index (χ0v) is 14.5. The van der Waals surface area contributed by atoms with E-state index in [2.05, 4.69) is 23.5 Å². The lowest BCUT2D eigenvalue weighted by Gasteiger charge is -2.21. The average molecular weight is 333 g/mol. The minimum atomic E-state index is -0.585. The molecule has 6 heteroatoms. The van der Waals surface area contributed by atoms with Crippen LogP contribution in [-0.4, -0.2) is 19.7 Å². The van der Waals surface area contributed by atoms with Gasteiger partial charge in [-0.25, -0.2) is 4.79 Å². The first-order valence-electron chi connectivity index (χ1n) is 7.48. The maximum absolute atomic E-state index is 11.2. The molecule has 23 heavy (non-hydrogen) atoms. The quantitative estimate of drug-likeness (QED) is 0.773. The number of primary amides is 1. The zero-order valence-electron chi connectivity index (χ0n) is 13.7. The van der Waals surface area contributed by atoms with Crippen molar-refractivity contribution in [1.29, 1.82) is 0 Å². The second kappa shape index (κ2) is 7.57. The molecule has 2 rings (SSSR count). The van der Waals surface area contributed by atoms with E-state index in [-0.39, 0.29) is 0 Å². The van der Waals surface area contributed by atoms with E-state index in [9.17, 15) is 4.79 Å². The van der Waals surface area contributed by atoms with Crippen LogP contribution in [0.1, 0.15) is 30.0 Å². The summed E-state index contributed by atoms with van der Waals surface area (Å²) in [4.78, 5) is 12.3. The Bertz CT molecular complexity index is 681. The first-order chi connectivity index (χ1) is 11.0. The Morgan fingerprint density at radius 2 is 2.17 bits per heavy atom. The maximum atomic E-state index is 11.2. The summed E-state index contributed by atoms with van der Waals surface area (Å²) in [6.45, 7) is 4.29. The molecule has 0 heterocycles. The van der Waals surface area contributed by atoms with Crippen LogP contribution in [0, 0.1) is 6.92 Å². The van der Waals surface area contributed by atoms with Gasteiger partial charge in [0, 0.05) is 11.4 Å². The number of amides is 2. The largest absolute Gasteiger partial charge is 0.496 e. The van der Waals surface area contributed by atoms with E-state index >= 15 is 0 Å². The van der Waals surface area contributed by atoms with Gasteiger partial charge in [-0.15, -0.1) is 0 Å². The highest BCUT2D eigenvalue weighted by Crippen LogP contribution is 2.41. The number of aryl methyl sites for hydroxylation is 2. The molecule has 0 saturated heterocycles. The van der Waals surface area contributed by atoms with E-state index in [4.69, 9.17) is 16.2 Å². The molecule has 1 aliphatic carbocycles. The number of allylic oxidation sites excluding steroid dienone is 1. The van der Waals surface area contributed by atoms with E-state index in [1.165, 1.54) is 17.3 Å². The van der Waals surface area contributed by atoms with E-state index in [0.717, 1.165) is 40.2 Å². The molecule has 0 radical (unpaired) electrons. The van der Waals surface area contributed by atoms with Gasteiger partial charge < -0.3 is 21.5 Å². The first kappa shape index (κ1) is 17.4. The Kier molecular flexibility index (Phi) is 5.74. The van der Waals surface area contributed by atoms with Crippen LogP contribution in [0.25, 0.3) is 4.91 Å². The third-order valence-electron chi connectivity index (χ3n) is 3.77. The van der Waals surface area contributed by atoms with Gasteiger partial charge in [-0.2, -0.15) is 0 Å². The number of ether oxygens (including phenoxy) is 1. The number of rotatable bonds is 5. The summed E-state index contributed by atoms with van der Waals surface area (Å²) >= 11 is 1.49. The third kappa shape index (κ3) is 4.09. The van der Waals surface area contributed by atoms with Crippen LogP contribution in [0.2, 0.25) is 0 Å². The molecule has 0 aliphatic heterocycles. The standard InChI is InChI=1S/C17H23N3O2S/c1-10-7-12-5-4-6-15(13(12)8-14(10)22-3)23-16(11(2)9-18)20-17(19)21/h6-8H,4-5,9,18H2,1-3H3,(H3,19,20,21)/b16-11+. The van der Waals surface area contributed by atoms with Gasteiger partial charge >= 0.3 is 6.03 Å². The van der Waals surface area contributed by atoms with E-state index in [0.29, 0.717) is 11.6 Å². The fourth-order valence-corrected chi connectivity index (χ4v) is 3.63. The van der Waals surface area contributed by atoms with E-state index in [1.54, 1.807) is 7.11 Å². The van der Waals surface area contributed by atoms with Crippen LogP contribution in [0.3, 0.4) is 0 Å². The second-order valence-corrected chi connectivity index (χ2v) is 6.54. The van der Waals surface area contributed by atoms with E-state index < -0.39 is 6.03 Å². The Balaban J connectivity index is 2.38. The molecule has 1 aromatic rings. The number of carbonyl (C=O) groups excluding carboxylic acids is 1. The fourth-order valence-electron chi connectivity index (χ4n) is 2.50. The minimum Gasteiger partial charge on any atom is -0.496 e. The number of methoxy groups -OCH3 is 1. The van der Waals surface area contributed by atoms with E-state index in [1.807, 2.05) is 13.8 Å². The third-order valence-corrected chi connectivity index (χ3v) is 5.03. The van der Waals surface area contributed by atoms with Crippen molar-refractivity contribution in [3.8, 4) is 5.75 Å². The fraction of sp³-hybridized carbons (Fsp3) is 0.353. The van der Waals surface area contributed by atoms with Gasteiger partial charge in [0.15, 0.2) is 0 Å². The van der Waals surface area contributed by atoms with Crippen molar-refractivity contribution in [3.05, 3.63) is 45.5 Å². The molecule has 5 N–H and O–H groups in total. The summed E-state index contributed by atoms with van der Waals surface area (Å²) in [6, 6.07) is 3.64. The van der Waals surface area contributed by atoms with Crippen molar-refractivity contribution in [2.45, 2.75) is 26.7 Å². The zero-order chi connectivity index (χ0) is 17.0. The van der Waals surface area contributed by atoms with Crippen molar-refractivity contribution in [3.63, 3.8) is 0 Å². The molecule has 0 saturated carbocycles. The van der Waals surface area contributed by atoms with Crippen LogP contribution < -0.4 is 21.5 Å². The molecular formula is C17H23N3O2S. The number of urea groups is 1. The highest BCUT2D eigenvalue weighted by molar-refractivity contribution is 8.11. The molecule has 0 aromatic heterocycles. The number of hydrogen-bond acceptors (Lipinski definition) is 4. The lowest BCUT2D eigenvalue weighted by atomic mass is 9.95. The van der Waals surface area contributed by atoms with Crippen LogP contribution in [0.15, 0.2) is 28.8 Å². The number of fused-ring (bicyclic) bond motifs is 1. The van der Waals surface area contributed by atoms with Crippen molar-refractivity contribution in [1.82, 2.24) is 5.32 Å². The molecule has 1 aliphatic rings.